The Balaban J connectivity index is 2.39. The van der Waals surface area contributed by atoms with E-state index in [2.05, 4.69) is 11.9 Å². The van der Waals surface area contributed by atoms with Gasteiger partial charge >= 0.3 is 12.1 Å². The van der Waals surface area contributed by atoms with Gasteiger partial charge in [-0.25, -0.2) is 9.59 Å². The van der Waals surface area contributed by atoms with Crippen molar-refractivity contribution in [1.29, 1.82) is 0 Å². The minimum atomic E-state index is -1.08. The number of carbonyl (C=O) groups excluding carboxylic acids is 1. The molecule has 112 valence electrons. The number of aliphatic carboxylic acids is 1. The monoisotopic (exact) mass is 289 g/mol. The van der Waals surface area contributed by atoms with Gasteiger partial charge in [0.1, 0.15) is 12.6 Å². The highest BCUT2D eigenvalue weighted by Crippen LogP contribution is 2.03. The van der Waals surface area contributed by atoms with E-state index in [4.69, 9.17) is 9.84 Å². The van der Waals surface area contributed by atoms with Crippen LogP contribution in [0.25, 0.3) is 0 Å². The van der Waals surface area contributed by atoms with Crippen LogP contribution < -0.4 is 5.32 Å². The van der Waals surface area contributed by atoms with E-state index in [-0.39, 0.29) is 6.61 Å². The number of hydrogen-bond donors (Lipinski definition) is 2. The van der Waals surface area contributed by atoms with Crippen LogP contribution in [0.15, 0.2) is 55.1 Å². The van der Waals surface area contributed by atoms with Gasteiger partial charge in [0.05, 0.1) is 0 Å². The van der Waals surface area contributed by atoms with Crippen molar-refractivity contribution in [2.24, 2.45) is 0 Å². The van der Waals surface area contributed by atoms with Crippen LogP contribution in [0.1, 0.15) is 18.4 Å². The summed E-state index contributed by atoms with van der Waals surface area (Å²) in [6.07, 6.45) is 5.21. The molecule has 0 aliphatic carbocycles. The maximum Gasteiger partial charge on any atom is 0.408 e. The summed E-state index contributed by atoms with van der Waals surface area (Å²) in [5.74, 6) is -1.08. The van der Waals surface area contributed by atoms with E-state index in [1.807, 2.05) is 30.3 Å². The van der Waals surface area contributed by atoms with E-state index in [9.17, 15) is 9.59 Å². The summed E-state index contributed by atoms with van der Waals surface area (Å²) in [6, 6.07) is 8.21. The first-order valence-electron chi connectivity index (χ1n) is 6.61. The third kappa shape index (κ3) is 6.96. The lowest BCUT2D eigenvalue weighted by molar-refractivity contribution is -0.139. The summed E-state index contributed by atoms with van der Waals surface area (Å²) in [5.41, 5.74) is 0.841. The number of rotatable bonds is 8. The molecule has 0 saturated carbocycles. The van der Waals surface area contributed by atoms with Gasteiger partial charge in [-0.2, -0.15) is 0 Å². The first-order valence-corrected chi connectivity index (χ1v) is 6.61. The fraction of sp³-hybridized carbons (Fsp3) is 0.250. The molecule has 21 heavy (non-hydrogen) atoms. The zero-order valence-corrected chi connectivity index (χ0v) is 11.7. The van der Waals surface area contributed by atoms with E-state index in [1.165, 1.54) is 0 Å². The fourth-order valence-corrected chi connectivity index (χ4v) is 1.62. The van der Waals surface area contributed by atoms with Crippen molar-refractivity contribution in [3.63, 3.8) is 0 Å². The minimum Gasteiger partial charge on any atom is -0.480 e. The van der Waals surface area contributed by atoms with Crippen LogP contribution in [0.4, 0.5) is 4.79 Å². The predicted octanol–water partition coefficient (Wildman–Crippen LogP) is 2.89. The highest BCUT2D eigenvalue weighted by molar-refractivity contribution is 5.79. The molecule has 0 radical (unpaired) electrons. The first-order chi connectivity index (χ1) is 10.1. The molecule has 2 N–H and O–H groups in total. The van der Waals surface area contributed by atoms with Crippen LogP contribution in [0.2, 0.25) is 0 Å². The highest BCUT2D eigenvalue weighted by Gasteiger charge is 2.19. The molecule has 0 aliphatic rings. The third-order valence-electron chi connectivity index (χ3n) is 2.70. The zero-order valence-electron chi connectivity index (χ0n) is 11.7. The molecule has 1 aromatic carbocycles. The van der Waals surface area contributed by atoms with Gasteiger partial charge in [0.15, 0.2) is 0 Å². The standard InChI is InChI=1S/C16H19NO4/c1-2-3-4-8-11-14(15(18)19)17-16(20)21-12-13-9-6-5-7-10-13/h2-7,9-10,14H,1,8,11-12H2,(H,17,20)(H,18,19)/b4-3+. The number of ether oxygens (including phenoxy) is 1. The number of nitrogens with one attached hydrogen (secondary N) is 1. The molecule has 1 aromatic rings. The molecule has 0 aliphatic heterocycles. The average molecular weight is 289 g/mol. The number of carboxylic acid groups (broad SMARTS) is 1. The summed E-state index contributed by atoms with van der Waals surface area (Å²) < 4.78 is 4.99. The summed E-state index contributed by atoms with van der Waals surface area (Å²) in [6.45, 7) is 3.63. The Hall–Kier alpha value is -2.56. The van der Waals surface area contributed by atoms with Crippen LogP contribution in [0.5, 0.6) is 0 Å². The number of carbonyl (C=O) groups is 2. The Bertz CT molecular complexity index is 496. The zero-order chi connectivity index (χ0) is 15.5. The van der Waals surface area contributed by atoms with E-state index >= 15 is 0 Å². The average Bonchev–Trinajstić information content (AvgIpc) is 2.49. The minimum absolute atomic E-state index is 0.107. The van der Waals surface area contributed by atoms with Gasteiger partial charge in [0.2, 0.25) is 0 Å². The summed E-state index contributed by atoms with van der Waals surface area (Å²) in [5, 5.41) is 11.4. The van der Waals surface area contributed by atoms with Gasteiger partial charge in [-0.1, -0.05) is 55.1 Å². The second-order valence-corrected chi connectivity index (χ2v) is 4.34. The molecule has 1 amide bonds. The van der Waals surface area contributed by atoms with Crippen molar-refractivity contribution in [3.05, 3.63) is 60.7 Å². The van der Waals surface area contributed by atoms with Crippen LogP contribution in [0, 0.1) is 0 Å². The largest absolute Gasteiger partial charge is 0.480 e. The van der Waals surface area contributed by atoms with Crippen molar-refractivity contribution < 1.29 is 19.4 Å². The topological polar surface area (TPSA) is 75.6 Å². The van der Waals surface area contributed by atoms with Gasteiger partial charge < -0.3 is 15.2 Å². The van der Waals surface area contributed by atoms with Gasteiger partial charge in [0.25, 0.3) is 0 Å². The Morgan fingerprint density at radius 2 is 2.05 bits per heavy atom. The second kappa shape index (κ2) is 9.36. The van der Waals surface area contributed by atoms with Crippen LogP contribution in [0.3, 0.4) is 0 Å². The molecule has 1 atom stereocenters. The molecule has 0 aromatic heterocycles. The van der Waals surface area contributed by atoms with Crippen molar-refractivity contribution in [3.8, 4) is 0 Å². The first kappa shape index (κ1) is 16.5. The number of allylic oxidation sites excluding steroid dienone is 3. The van der Waals surface area contributed by atoms with E-state index < -0.39 is 18.1 Å². The quantitative estimate of drug-likeness (QED) is 0.721. The molecular formula is C16H19NO4. The van der Waals surface area contributed by atoms with Crippen LogP contribution in [-0.2, 0) is 16.1 Å². The molecular weight excluding hydrogens is 270 g/mol. The maximum atomic E-state index is 11.6. The van der Waals surface area contributed by atoms with Crippen molar-refractivity contribution >= 4 is 12.1 Å². The fourth-order valence-electron chi connectivity index (χ4n) is 1.62. The van der Waals surface area contributed by atoms with Crippen molar-refractivity contribution in [2.45, 2.75) is 25.5 Å². The Morgan fingerprint density at radius 1 is 1.33 bits per heavy atom. The molecule has 0 fully saturated rings. The van der Waals surface area contributed by atoms with Gasteiger partial charge in [0, 0.05) is 0 Å². The smallest absolute Gasteiger partial charge is 0.408 e. The summed E-state index contributed by atoms with van der Waals surface area (Å²) >= 11 is 0. The van der Waals surface area contributed by atoms with Crippen molar-refractivity contribution in [1.82, 2.24) is 5.32 Å². The molecule has 0 spiro atoms. The predicted molar refractivity (Wildman–Crippen MR) is 79.8 cm³/mol. The summed E-state index contributed by atoms with van der Waals surface area (Å²) in [7, 11) is 0. The molecule has 5 nitrogen and oxygen atoms in total. The van der Waals surface area contributed by atoms with Gasteiger partial charge in [-0.3, -0.25) is 0 Å². The number of hydrogen-bond acceptors (Lipinski definition) is 3. The Labute approximate surface area is 123 Å². The van der Waals surface area contributed by atoms with E-state index in [1.54, 1.807) is 18.2 Å². The van der Waals surface area contributed by atoms with Crippen LogP contribution in [-0.4, -0.2) is 23.2 Å². The lowest BCUT2D eigenvalue weighted by Crippen LogP contribution is -2.40. The summed E-state index contributed by atoms with van der Waals surface area (Å²) in [4.78, 5) is 22.6. The molecule has 0 saturated heterocycles. The normalized spacial score (nSPS) is 11.8. The van der Waals surface area contributed by atoms with Crippen molar-refractivity contribution in [2.75, 3.05) is 0 Å². The van der Waals surface area contributed by atoms with Gasteiger partial charge in [-0.05, 0) is 18.4 Å². The molecule has 1 unspecified atom stereocenters. The van der Waals surface area contributed by atoms with Gasteiger partial charge in [-0.15, -0.1) is 0 Å². The number of benzene rings is 1. The molecule has 1 rings (SSSR count). The Morgan fingerprint density at radius 3 is 2.67 bits per heavy atom. The van der Waals surface area contributed by atoms with E-state index in [0.29, 0.717) is 12.8 Å². The SMILES string of the molecule is C=C/C=C/CCC(NC(=O)OCc1ccccc1)C(=O)O. The number of carboxylic acids is 1. The number of alkyl carbamates (subject to hydrolysis) is 1. The third-order valence-corrected chi connectivity index (χ3v) is 2.70. The van der Waals surface area contributed by atoms with Crippen LogP contribution >= 0.6 is 0 Å². The molecule has 0 heterocycles. The Kier molecular flexibility index (Phi) is 7.35. The highest BCUT2D eigenvalue weighted by atomic mass is 16.5. The molecule has 0 bridgehead atoms. The lowest BCUT2D eigenvalue weighted by atomic mass is 10.1. The van der Waals surface area contributed by atoms with E-state index in [0.717, 1.165) is 5.56 Å². The maximum absolute atomic E-state index is 11.6. The number of amides is 1. The second-order valence-electron chi connectivity index (χ2n) is 4.34. The lowest BCUT2D eigenvalue weighted by Gasteiger charge is -2.13. The molecule has 5 heteroatoms.